The molecule has 158 valence electrons. The van der Waals surface area contributed by atoms with E-state index in [0.29, 0.717) is 25.3 Å². The third-order valence-electron chi connectivity index (χ3n) is 6.13. The van der Waals surface area contributed by atoms with Gasteiger partial charge < -0.3 is 14.5 Å². The molecule has 0 unspecified atom stereocenters. The average molecular weight is 408 g/mol. The van der Waals surface area contributed by atoms with Crippen LogP contribution in [0, 0.1) is 13.8 Å². The summed E-state index contributed by atoms with van der Waals surface area (Å²) in [6.45, 7) is 6.29. The fourth-order valence-electron chi connectivity index (χ4n) is 4.40. The predicted molar refractivity (Wildman–Crippen MR) is 118 cm³/mol. The van der Waals surface area contributed by atoms with Crippen molar-refractivity contribution in [2.45, 2.75) is 33.2 Å². The summed E-state index contributed by atoms with van der Waals surface area (Å²) >= 11 is 0. The van der Waals surface area contributed by atoms with Crippen LogP contribution in [0.3, 0.4) is 0 Å². The highest BCUT2D eigenvalue weighted by Crippen LogP contribution is 2.31. The van der Waals surface area contributed by atoms with Crippen molar-refractivity contribution in [3.8, 4) is 5.88 Å². The number of aromatic nitrogens is 3. The van der Waals surface area contributed by atoms with E-state index in [9.17, 15) is 4.79 Å². The first-order chi connectivity index (χ1) is 14.4. The molecular formula is C23H29N5O2. The van der Waals surface area contributed by atoms with Gasteiger partial charge in [-0.2, -0.15) is 0 Å². The fraction of sp³-hybridized carbons (Fsp3) is 0.435. The maximum atomic E-state index is 13.1. The zero-order valence-electron chi connectivity index (χ0n) is 18.4. The zero-order chi connectivity index (χ0) is 21.4. The number of para-hydroxylation sites is 1. The molecule has 0 atom stereocenters. The molecule has 1 aliphatic rings. The summed E-state index contributed by atoms with van der Waals surface area (Å²) in [7, 11) is 5.58. The van der Waals surface area contributed by atoms with Crippen LogP contribution in [0.1, 0.15) is 28.8 Å². The van der Waals surface area contributed by atoms with Gasteiger partial charge in [0.15, 0.2) is 5.65 Å². The van der Waals surface area contributed by atoms with Crippen LogP contribution in [0.2, 0.25) is 0 Å². The molecule has 1 aliphatic heterocycles. The molecule has 30 heavy (non-hydrogen) atoms. The number of hydrogen-bond acceptors (Lipinski definition) is 5. The van der Waals surface area contributed by atoms with Gasteiger partial charge in [-0.1, -0.05) is 18.2 Å². The van der Waals surface area contributed by atoms with Crippen LogP contribution in [0.15, 0.2) is 24.3 Å². The SMILES string of the molecule is COc1nn(C)c2nc(C)c(CCC(=O)N3CCN(C)c4ccccc4C3)c(C)c12. The zero-order valence-corrected chi connectivity index (χ0v) is 18.4. The largest absolute Gasteiger partial charge is 0.479 e. The van der Waals surface area contributed by atoms with E-state index in [-0.39, 0.29) is 5.91 Å². The second kappa shape index (κ2) is 7.97. The van der Waals surface area contributed by atoms with Gasteiger partial charge in [-0.3, -0.25) is 4.79 Å². The highest BCUT2D eigenvalue weighted by atomic mass is 16.5. The van der Waals surface area contributed by atoms with Crippen LogP contribution in [0.4, 0.5) is 5.69 Å². The summed E-state index contributed by atoms with van der Waals surface area (Å²) < 4.78 is 7.19. The third-order valence-corrected chi connectivity index (χ3v) is 6.13. The van der Waals surface area contributed by atoms with Crippen LogP contribution >= 0.6 is 0 Å². The number of ether oxygens (including phenoxy) is 1. The molecule has 0 aliphatic carbocycles. The van der Waals surface area contributed by atoms with E-state index in [2.05, 4.69) is 36.1 Å². The number of hydrogen-bond donors (Lipinski definition) is 0. The topological polar surface area (TPSA) is 63.5 Å². The summed E-state index contributed by atoms with van der Waals surface area (Å²) in [4.78, 5) is 22.0. The Hall–Kier alpha value is -3.09. The Morgan fingerprint density at radius 3 is 2.70 bits per heavy atom. The summed E-state index contributed by atoms with van der Waals surface area (Å²) in [6.07, 6.45) is 1.12. The van der Waals surface area contributed by atoms with Gasteiger partial charge in [0.25, 0.3) is 0 Å². The van der Waals surface area contributed by atoms with E-state index in [0.717, 1.165) is 40.9 Å². The number of methoxy groups -OCH3 is 1. The number of benzene rings is 1. The van der Waals surface area contributed by atoms with Gasteiger partial charge in [-0.05, 0) is 43.0 Å². The monoisotopic (exact) mass is 407 g/mol. The predicted octanol–water partition coefficient (Wildman–Crippen LogP) is 3.00. The van der Waals surface area contributed by atoms with Crippen molar-refractivity contribution in [3.63, 3.8) is 0 Å². The van der Waals surface area contributed by atoms with E-state index >= 15 is 0 Å². The van der Waals surface area contributed by atoms with Gasteiger partial charge in [0, 0.05) is 51.5 Å². The number of likely N-dealkylation sites (N-methyl/N-ethyl adjacent to an activating group) is 1. The number of anilines is 1. The van der Waals surface area contributed by atoms with E-state index in [4.69, 9.17) is 9.72 Å². The number of fused-ring (bicyclic) bond motifs is 2. The summed E-state index contributed by atoms with van der Waals surface area (Å²) in [5.74, 6) is 0.759. The quantitative estimate of drug-likeness (QED) is 0.665. The van der Waals surface area contributed by atoms with Gasteiger partial charge >= 0.3 is 0 Å². The minimum absolute atomic E-state index is 0.178. The van der Waals surface area contributed by atoms with Crippen LogP contribution in [0.5, 0.6) is 5.88 Å². The Bertz CT molecular complexity index is 1100. The third kappa shape index (κ3) is 3.49. The molecule has 0 saturated heterocycles. The van der Waals surface area contributed by atoms with Crippen molar-refractivity contribution in [2.24, 2.45) is 7.05 Å². The van der Waals surface area contributed by atoms with Crippen LogP contribution in [-0.4, -0.2) is 52.8 Å². The minimum atomic E-state index is 0.178. The summed E-state index contributed by atoms with van der Waals surface area (Å²) in [5.41, 5.74) is 6.35. The second-order valence-electron chi connectivity index (χ2n) is 8.00. The van der Waals surface area contributed by atoms with Crippen molar-refractivity contribution < 1.29 is 9.53 Å². The van der Waals surface area contributed by atoms with Crippen molar-refractivity contribution >= 4 is 22.6 Å². The van der Waals surface area contributed by atoms with Gasteiger partial charge in [0.05, 0.1) is 12.5 Å². The van der Waals surface area contributed by atoms with E-state index < -0.39 is 0 Å². The molecular weight excluding hydrogens is 378 g/mol. The Morgan fingerprint density at radius 2 is 1.93 bits per heavy atom. The number of pyridine rings is 1. The second-order valence-corrected chi connectivity index (χ2v) is 8.00. The van der Waals surface area contributed by atoms with Crippen LogP contribution < -0.4 is 9.64 Å². The van der Waals surface area contributed by atoms with Crippen LogP contribution in [-0.2, 0) is 24.8 Å². The van der Waals surface area contributed by atoms with Crippen molar-refractivity contribution in [1.29, 1.82) is 0 Å². The number of rotatable bonds is 4. The molecule has 0 spiro atoms. The Morgan fingerprint density at radius 1 is 1.17 bits per heavy atom. The van der Waals surface area contributed by atoms with Crippen molar-refractivity contribution in [1.82, 2.24) is 19.7 Å². The highest BCUT2D eigenvalue weighted by Gasteiger charge is 2.23. The Balaban J connectivity index is 1.55. The fourth-order valence-corrected chi connectivity index (χ4v) is 4.40. The first-order valence-electron chi connectivity index (χ1n) is 10.3. The highest BCUT2D eigenvalue weighted by molar-refractivity contribution is 5.86. The summed E-state index contributed by atoms with van der Waals surface area (Å²) in [6, 6.07) is 8.32. The number of carbonyl (C=O) groups excluding carboxylic acids is 1. The molecule has 7 nitrogen and oxygen atoms in total. The smallest absolute Gasteiger partial charge is 0.242 e. The molecule has 0 bridgehead atoms. The van der Waals surface area contributed by atoms with Crippen molar-refractivity contribution in [2.75, 3.05) is 32.1 Å². The number of aryl methyl sites for hydroxylation is 3. The molecule has 3 aromatic rings. The van der Waals surface area contributed by atoms with Gasteiger partial charge in [0.2, 0.25) is 11.8 Å². The van der Waals surface area contributed by atoms with E-state index in [1.165, 1.54) is 11.3 Å². The number of nitrogens with zero attached hydrogens (tertiary/aromatic N) is 5. The lowest BCUT2D eigenvalue weighted by Gasteiger charge is -2.21. The molecule has 0 saturated carbocycles. The standard InChI is InChI=1S/C23H29N5O2/c1-15-18(16(2)24-22-21(15)23(30-5)25-27(22)4)10-11-20(29)28-13-12-26(3)19-9-7-6-8-17(19)14-28/h6-9H,10-14H2,1-5H3. The molecule has 1 aromatic carbocycles. The molecule has 4 rings (SSSR count). The minimum Gasteiger partial charge on any atom is -0.479 e. The lowest BCUT2D eigenvalue weighted by Crippen LogP contribution is -2.34. The van der Waals surface area contributed by atoms with Gasteiger partial charge in [-0.15, -0.1) is 5.10 Å². The Kier molecular flexibility index (Phi) is 5.37. The lowest BCUT2D eigenvalue weighted by atomic mass is 10.00. The maximum Gasteiger partial charge on any atom is 0.242 e. The molecule has 1 amide bonds. The molecule has 0 N–H and O–H groups in total. The van der Waals surface area contributed by atoms with Gasteiger partial charge in [-0.25, -0.2) is 9.67 Å². The molecule has 0 fully saturated rings. The normalized spacial score (nSPS) is 14.0. The maximum absolute atomic E-state index is 13.1. The van der Waals surface area contributed by atoms with E-state index in [1.807, 2.05) is 31.0 Å². The molecule has 7 heteroatoms. The average Bonchev–Trinajstić information content (AvgIpc) is 2.95. The van der Waals surface area contributed by atoms with Crippen LogP contribution in [0.25, 0.3) is 11.0 Å². The number of carbonyl (C=O) groups is 1. The van der Waals surface area contributed by atoms with E-state index in [1.54, 1.807) is 11.8 Å². The van der Waals surface area contributed by atoms with Crippen molar-refractivity contribution in [3.05, 3.63) is 46.6 Å². The first-order valence-corrected chi connectivity index (χ1v) is 10.3. The molecule has 0 radical (unpaired) electrons. The summed E-state index contributed by atoms with van der Waals surface area (Å²) in [5, 5.41) is 5.34. The number of amides is 1. The first kappa shape index (κ1) is 20.2. The Labute approximate surface area is 177 Å². The molecule has 2 aromatic heterocycles. The lowest BCUT2D eigenvalue weighted by molar-refractivity contribution is -0.131. The van der Waals surface area contributed by atoms with Gasteiger partial charge in [0.1, 0.15) is 0 Å². The molecule has 3 heterocycles.